The topological polar surface area (TPSA) is 115 Å². The Hall–Kier alpha value is -1.84. The lowest BCUT2D eigenvalue weighted by atomic mass is 10.0. The van der Waals surface area contributed by atoms with Crippen molar-refractivity contribution in [1.82, 2.24) is 15.5 Å². The maximum atomic E-state index is 10.2. The normalized spacial score (nSPS) is 12.1. The molecule has 0 aliphatic rings. The van der Waals surface area contributed by atoms with Crippen molar-refractivity contribution in [2.24, 2.45) is 5.84 Å². The summed E-state index contributed by atoms with van der Waals surface area (Å²) in [5.41, 5.74) is 3.21. The van der Waals surface area contributed by atoms with Crippen molar-refractivity contribution < 1.29 is 14.6 Å². The molecule has 1 aromatic heterocycles. The van der Waals surface area contributed by atoms with Crippen LogP contribution in [0.1, 0.15) is 25.8 Å². The molecule has 10 heteroatoms. The number of aliphatic hydroxyl groups is 1. The van der Waals surface area contributed by atoms with E-state index >= 15 is 0 Å². The molecule has 0 radical (unpaired) electrons. The molecule has 1 unspecified atom stereocenters. The van der Waals surface area contributed by atoms with Crippen molar-refractivity contribution in [3.8, 4) is 11.6 Å². The molecule has 1 heterocycles. The predicted molar refractivity (Wildman–Crippen MR) is 117 cm³/mol. The van der Waals surface area contributed by atoms with Crippen LogP contribution in [-0.2, 0) is 0 Å². The molecular formula is C19H29Cl2N5O3. The van der Waals surface area contributed by atoms with E-state index in [4.69, 9.17) is 26.9 Å². The Morgan fingerprint density at radius 2 is 1.97 bits per heavy atom. The average Bonchev–Trinajstić information content (AvgIpc) is 2.67. The number of aryl methyl sites for hydroxylation is 1. The van der Waals surface area contributed by atoms with Crippen LogP contribution in [0, 0.1) is 6.92 Å². The first-order valence-corrected chi connectivity index (χ1v) is 9.42. The van der Waals surface area contributed by atoms with Crippen LogP contribution in [0.2, 0.25) is 5.02 Å². The smallest absolute Gasteiger partial charge is 0.233 e. The lowest BCUT2D eigenvalue weighted by Gasteiger charge is -2.27. The minimum atomic E-state index is -0.668. The van der Waals surface area contributed by atoms with Gasteiger partial charge in [-0.05, 0) is 51.0 Å². The van der Waals surface area contributed by atoms with E-state index in [1.807, 2.05) is 32.9 Å². The molecule has 29 heavy (non-hydrogen) atoms. The molecule has 0 saturated carbocycles. The Kier molecular flexibility index (Phi) is 10.4. The standard InChI is InChI=1S/C19H28ClN5O3.ClH/c1-13-4-5-15(20)16(10-13)28-12-14(26)11-22-19(2,3)8-9-27-18-7-6-17(23-21)24-25-18;/h4-7,10,14,22,26H,8-9,11-12,21H2,1-3H3,(H,23,24);1H. The molecule has 2 aromatic rings. The minimum absolute atomic E-state index is 0. The number of halogens is 2. The molecule has 0 bridgehead atoms. The number of nitrogens with one attached hydrogen (secondary N) is 2. The summed E-state index contributed by atoms with van der Waals surface area (Å²) in [4.78, 5) is 0. The van der Waals surface area contributed by atoms with Gasteiger partial charge < -0.3 is 25.3 Å². The van der Waals surface area contributed by atoms with E-state index in [2.05, 4.69) is 20.9 Å². The summed E-state index contributed by atoms with van der Waals surface area (Å²) in [6, 6.07) is 8.92. The van der Waals surface area contributed by atoms with Crippen LogP contribution < -0.4 is 26.1 Å². The minimum Gasteiger partial charge on any atom is -0.489 e. The summed E-state index contributed by atoms with van der Waals surface area (Å²) in [6.45, 7) is 7.02. The van der Waals surface area contributed by atoms with Crippen molar-refractivity contribution in [1.29, 1.82) is 0 Å². The largest absolute Gasteiger partial charge is 0.489 e. The highest BCUT2D eigenvalue weighted by molar-refractivity contribution is 6.32. The lowest BCUT2D eigenvalue weighted by Crippen LogP contribution is -2.45. The third-order valence-corrected chi connectivity index (χ3v) is 4.41. The maximum Gasteiger partial charge on any atom is 0.233 e. The van der Waals surface area contributed by atoms with Gasteiger partial charge in [-0.2, -0.15) is 0 Å². The Labute approximate surface area is 182 Å². The van der Waals surface area contributed by atoms with Crippen LogP contribution >= 0.6 is 24.0 Å². The monoisotopic (exact) mass is 445 g/mol. The van der Waals surface area contributed by atoms with Crippen LogP contribution in [0.5, 0.6) is 11.6 Å². The van der Waals surface area contributed by atoms with Gasteiger partial charge in [-0.3, -0.25) is 0 Å². The summed E-state index contributed by atoms with van der Waals surface area (Å²) in [5.74, 6) is 6.72. The van der Waals surface area contributed by atoms with Crippen molar-refractivity contribution in [2.45, 2.75) is 38.8 Å². The maximum absolute atomic E-state index is 10.2. The first kappa shape index (κ1) is 25.2. The van der Waals surface area contributed by atoms with E-state index in [-0.39, 0.29) is 24.6 Å². The number of β-amino-alcohol motifs (C(OH)–C–C–N with tert-alkyl or cyclic N) is 1. The van der Waals surface area contributed by atoms with E-state index in [0.717, 1.165) is 5.56 Å². The highest BCUT2D eigenvalue weighted by atomic mass is 35.5. The molecule has 0 saturated heterocycles. The molecule has 0 spiro atoms. The molecule has 8 nitrogen and oxygen atoms in total. The quantitative estimate of drug-likeness (QED) is 0.308. The second-order valence-electron chi connectivity index (χ2n) is 7.16. The molecule has 0 amide bonds. The summed E-state index contributed by atoms with van der Waals surface area (Å²) in [5, 5.41) is 21.8. The number of nitrogen functional groups attached to an aromatic ring is 1. The molecule has 0 fully saturated rings. The van der Waals surface area contributed by atoms with Gasteiger partial charge in [0.1, 0.15) is 18.5 Å². The number of anilines is 1. The number of hydrogen-bond donors (Lipinski definition) is 4. The molecule has 5 N–H and O–H groups in total. The zero-order valence-corrected chi connectivity index (χ0v) is 18.4. The van der Waals surface area contributed by atoms with Gasteiger partial charge in [-0.15, -0.1) is 22.6 Å². The van der Waals surface area contributed by atoms with Gasteiger partial charge in [0.25, 0.3) is 0 Å². The van der Waals surface area contributed by atoms with Gasteiger partial charge in [0.15, 0.2) is 5.82 Å². The molecule has 0 aliphatic heterocycles. The Bertz CT molecular complexity index is 747. The van der Waals surface area contributed by atoms with Crippen molar-refractivity contribution in [3.63, 3.8) is 0 Å². The van der Waals surface area contributed by atoms with E-state index in [1.165, 1.54) is 0 Å². The van der Waals surface area contributed by atoms with E-state index in [0.29, 0.717) is 42.0 Å². The summed E-state index contributed by atoms with van der Waals surface area (Å²) in [6.07, 6.45) is 0.0435. The van der Waals surface area contributed by atoms with Gasteiger partial charge in [0, 0.05) is 18.2 Å². The van der Waals surface area contributed by atoms with Gasteiger partial charge in [0.2, 0.25) is 5.88 Å². The van der Waals surface area contributed by atoms with Gasteiger partial charge in [-0.25, -0.2) is 5.84 Å². The molecule has 1 atom stereocenters. The Morgan fingerprint density at radius 3 is 2.62 bits per heavy atom. The van der Waals surface area contributed by atoms with E-state index in [9.17, 15) is 5.11 Å². The van der Waals surface area contributed by atoms with Crippen LogP contribution in [-0.4, -0.2) is 46.7 Å². The molecule has 2 rings (SSSR count). The van der Waals surface area contributed by atoms with Gasteiger partial charge in [-0.1, -0.05) is 17.7 Å². The van der Waals surface area contributed by atoms with Crippen molar-refractivity contribution >= 4 is 29.8 Å². The van der Waals surface area contributed by atoms with E-state index in [1.54, 1.807) is 18.2 Å². The number of benzene rings is 1. The number of nitrogens with zero attached hydrogens (tertiary/aromatic N) is 2. The SMILES string of the molecule is Cc1ccc(Cl)c(OCC(O)CNC(C)(C)CCOc2ccc(NN)nn2)c1.Cl. The number of hydrazine groups is 1. The second-order valence-corrected chi connectivity index (χ2v) is 7.57. The zero-order valence-electron chi connectivity index (χ0n) is 16.8. The lowest BCUT2D eigenvalue weighted by molar-refractivity contribution is 0.0964. The Balaban J connectivity index is 0.00000420. The van der Waals surface area contributed by atoms with Crippen molar-refractivity contribution in [3.05, 3.63) is 40.9 Å². The third kappa shape index (κ3) is 9.01. The fourth-order valence-corrected chi connectivity index (χ4v) is 2.51. The first-order chi connectivity index (χ1) is 13.3. The van der Waals surface area contributed by atoms with Crippen LogP contribution in [0.3, 0.4) is 0 Å². The third-order valence-electron chi connectivity index (χ3n) is 4.10. The highest BCUT2D eigenvalue weighted by Crippen LogP contribution is 2.25. The van der Waals surface area contributed by atoms with E-state index < -0.39 is 6.10 Å². The first-order valence-electron chi connectivity index (χ1n) is 9.04. The summed E-state index contributed by atoms with van der Waals surface area (Å²) >= 11 is 6.10. The number of nitrogens with two attached hydrogens (primary N) is 1. The number of aliphatic hydroxyl groups excluding tert-OH is 1. The number of hydrogen-bond acceptors (Lipinski definition) is 8. The number of rotatable bonds is 11. The number of aromatic nitrogens is 2. The molecular weight excluding hydrogens is 417 g/mol. The van der Waals surface area contributed by atoms with Crippen molar-refractivity contribution in [2.75, 3.05) is 25.2 Å². The fourth-order valence-electron chi connectivity index (χ4n) is 2.33. The summed E-state index contributed by atoms with van der Waals surface area (Å²) < 4.78 is 11.2. The Morgan fingerprint density at radius 1 is 1.21 bits per heavy atom. The second kappa shape index (κ2) is 12.0. The molecule has 1 aromatic carbocycles. The summed E-state index contributed by atoms with van der Waals surface area (Å²) in [7, 11) is 0. The zero-order chi connectivity index (χ0) is 20.6. The average molecular weight is 446 g/mol. The van der Waals surface area contributed by atoms with Crippen LogP contribution in [0.15, 0.2) is 30.3 Å². The number of ether oxygens (including phenoxy) is 2. The molecule has 0 aliphatic carbocycles. The highest BCUT2D eigenvalue weighted by Gasteiger charge is 2.19. The van der Waals surface area contributed by atoms with Crippen LogP contribution in [0.4, 0.5) is 5.82 Å². The van der Waals surface area contributed by atoms with Gasteiger partial charge in [0.05, 0.1) is 11.6 Å². The molecule has 162 valence electrons. The van der Waals surface area contributed by atoms with Crippen LogP contribution in [0.25, 0.3) is 0 Å². The fraction of sp³-hybridized carbons (Fsp3) is 0.474. The van der Waals surface area contributed by atoms with Gasteiger partial charge >= 0.3 is 0 Å². The predicted octanol–water partition coefficient (Wildman–Crippen LogP) is 2.72.